The third-order valence-corrected chi connectivity index (χ3v) is 4.37. The first-order chi connectivity index (χ1) is 15.1. The second-order valence-corrected chi connectivity index (χ2v) is 6.97. The van der Waals surface area contributed by atoms with E-state index >= 15 is 0 Å². The van der Waals surface area contributed by atoms with E-state index < -0.39 is 7.25 Å². The Morgan fingerprint density at radius 3 is 2.06 bits per heavy atom. The number of para-hydroxylation sites is 1. The molecule has 3 aromatic carbocycles. The first-order valence-electron chi connectivity index (χ1n) is 9.42. The van der Waals surface area contributed by atoms with Gasteiger partial charge in [0, 0.05) is 5.56 Å². The fourth-order valence-corrected chi connectivity index (χ4v) is 2.99. The van der Waals surface area contributed by atoms with Crippen molar-refractivity contribution in [2.24, 2.45) is 0 Å². The van der Waals surface area contributed by atoms with Crippen molar-refractivity contribution in [3.8, 4) is 17.1 Å². The SMILES string of the molecule is COc1ccc(C)cc1Cl.F[B-](F)(F)F.[NH2+]=c1cc(-c2ccccc2)oc2ccccc12. The molecule has 0 aliphatic carbocycles. The molecule has 0 aliphatic rings. The number of methoxy groups -OCH3 is 1. The Morgan fingerprint density at radius 1 is 0.875 bits per heavy atom. The van der Waals surface area contributed by atoms with Crippen LogP contribution in [0.1, 0.15) is 5.56 Å². The van der Waals surface area contributed by atoms with Crippen molar-refractivity contribution in [3.63, 3.8) is 0 Å². The molecule has 3 nitrogen and oxygen atoms in total. The van der Waals surface area contributed by atoms with Crippen molar-refractivity contribution in [2.75, 3.05) is 7.11 Å². The molecule has 0 atom stereocenters. The highest BCUT2D eigenvalue weighted by Crippen LogP contribution is 2.24. The number of fused-ring (bicyclic) bond motifs is 1. The minimum atomic E-state index is -6.00. The van der Waals surface area contributed by atoms with Crippen molar-refractivity contribution in [1.29, 1.82) is 0 Å². The number of rotatable bonds is 2. The monoisotopic (exact) mass is 465 g/mol. The minimum absolute atomic E-state index is 0.669. The fourth-order valence-electron chi connectivity index (χ4n) is 2.68. The molecule has 4 aromatic rings. The highest BCUT2D eigenvalue weighted by molar-refractivity contribution is 6.50. The first kappa shape index (κ1) is 25.0. The normalized spacial score (nSPS) is 10.5. The lowest BCUT2D eigenvalue weighted by molar-refractivity contribution is -0.170. The summed E-state index contributed by atoms with van der Waals surface area (Å²) in [6.45, 7) is 1.99. The predicted molar refractivity (Wildman–Crippen MR) is 120 cm³/mol. The van der Waals surface area contributed by atoms with Crippen LogP contribution in [0.3, 0.4) is 0 Å². The van der Waals surface area contributed by atoms with Gasteiger partial charge in [-0.1, -0.05) is 60.1 Å². The molecule has 1 aromatic heterocycles. The average molecular weight is 466 g/mol. The molecule has 0 unspecified atom stereocenters. The average Bonchev–Trinajstić information content (AvgIpc) is 2.74. The molecule has 4 rings (SSSR count). The Kier molecular flexibility index (Phi) is 8.90. The molecule has 168 valence electrons. The quantitative estimate of drug-likeness (QED) is 0.304. The van der Waals surface area contributed by atoms with Gasteiger partial charge in [-0.3, -0.25) is 5.41 Å². The fraction of sp³-hybridized carbons (Fsp3) is 0.0870. The van der Waals surface area contributed by atoms with Crippen LogP contribution >= 0.6 is 11.6 Å². The van der Waals surface area contributed by atoms with Crippen molar-refractivity contribution in [2.45, 2.75) is 6.92 Å². The van der Waals surface area contributed by atoms with Crippen LogP contribution in [0, 0.1) is 6.92 Å². The van der Waals surface area contributed by atoms with Gasteiger partial charge in [-0.2, -0.15) is 0 Å². The van der Waals surface area contributed by atoms with Gasteiger partial charge in [0.25, 0.3) is 0 Å². The topological polar surface area (TPSA) is 48.0 Å². The number of aryl methyl sites for hydroxylation is 1. The van der Waals surface area contributed by atoms with E-state index in [9.17, 15) is 17.3 Å². The van der Waals surface area contributed by atoms with Crippen LogP contribution < -0.4 is 15.5 Å². The van der Waals surface area contributed by atoms with Crippen LogP contribution in [0.5, 0.6) is 5.75 Å². The smallest absolute Gasteiger partial charge is 0.495 e. The number of benzene rings is 3. The summed E-state index contributed by atoms with van der Waals surface area (Å²) in [6, 6.07) is 25.3. The van der Waals surface area contributed by atoms with E-state index in [0.29, 0.717) is 5.02 Å². The van der Waals surface area contributed by atoms with Gasteiger partial charge in [0.1, 0.15) is 17.1 Å². The van der Waals surface area contributed by atoms with Crippen molar-refractivity contribution in [3.05, 3.63) is 94.8 Å². The molecule has 0 fully saturated rings. The van der Waals surface area contributed by atoms with E-state index in [2.05, 4.69) is 0 Å². The molecule has 0 aliphatic heterocycles. The van der Waals surface area contributed by atoms with E-state index in [4.69, 9.17) is 26.2 Å². The Bertz CT molecular complexity index is 1210. The van der Waals surface area contributed by atoms with Gasteiger partial charge >= 0.3 is 7.25 Å². The Hall–Kier alpha value is -3.26. The van der Waals surface area contributed by atoms with E-state index in [1.807, 2.05) is 85.8 Å². The van der Waals surface area contributed by atoms with Crippen molar-refractivity contribution in [1.82, 2.24) is 0 Å². The first-order valence-corrected chi connectivity index (χ1v) is 9.80. The number of ether oxygens (including phenoxy) is 1. The molecule has 0 saturated carbocycles. The van der Waals surface area contributed by atoms with Gasteiger partial charge in [-0.05, 0) is 36.8 Å². The molecule has 1 heterocycles. The molecule has 0 bridgehead atoms. The minimum Gasteiger partial charge on any atom is -0.495 e. The second-order valence-electron chi connectivity index (χ2n) is 6.56. The van der Waals surface area contributed by atoms with E-state index in [-0.39, 0.29) is 0 Å². The summed E-state index contributed by atoms with van der Waals surface area (Å²) in [5, 5.41) is 8.40. The maximum absolute atomic E-state index is 9.75. The third kappa shape index (κ3) is 8.11. The van der Waals surface area contributed by atoms with E-state index in [1.165, 1.54) is 0 Å². The van der Waals surface area contributed by atoms with Crippen LogP contribution in [-0.4, -0.2) is 14.4 Å². The molecule has 0 radical (unpaired) electrons. The lowest BCUT2D eigenvalue weighted by Gasteiger charge is -2.01. The largest absolute Gasteiger partial charge is 0.673 e. The predicted octanol–water partition coefficient (Wildman–Crippen LogP) is 5.72. The lowest BCUT2D eigenvalue weighted by Crippen LogP contribution is -2.44. The summed E-state index contributed by atoms with van der Waals surface area (Å²) in [4.78, 5) is 0. The van der Waals surface area contributed by atoms with Gasteiger partial charge in [0.15, 0.2) is 0 Å². The zero-order chi connectivity index (χ0) is 23.7. The highest BCUT2D eigenvalue weighted by atomic mass is 35.5. The van der Waals surface area contributed by atoms with Gasteiger partial charge in [-0.25, -0.2) is 0 Å². The zero-order valence-corrected chi connectivity index (χ0v) is 18.1. The molecular formula is C23H21BClF4NO2. The molecular weight excluding hydrogens is 445 g/mol. The molecule has 0 saturated heterocycles. The summed E-state index contributed by atoms with van der Waals surface area (Å²) in [5.74, 6) is 1.52. The van der Waals surface area contributed by atoms with Gasteiger partial charge < -0.3 is 26.4 Å². The maximum Gasteiger partial charge on any atom is 0.673 e. The Morgan fingerprint density at radius 2 is 1.47 bits per heavy atom. The molecule has 0 amide bonds. The number of hydrogen-bond acceptors (Lipinski definition) is 2. The maximum atomic E-state index is 9.75. The summed E-state index contributed by atoms with van der Waals surface area (Å²) in [5.41, 5.74) is 2.99. The van der Waals surface area contributed by atoms with Crippen molar-refractivity contribution >= 4 is 29.8 Å². The van der Waals surface area contributed by atoms with Gasteiger partial charge in [-0.15, -0.1) is 0 Å². The number of halogens is 5. The molecule has 32 heavy (non-hydrogen) atoms. The zero-order valence-electron chi connectivity index (χ0n) is 17.4. The Labute approximate surface area is 187 Å². The molecule has 2 N–H and O–H groups in total. The van der Waals surface area contributed by atoms with Gasteiger partial charge in [0.2, 0.25) is 5.36 Å². The van der Waals surface area contributed by atoms with Crippen molar-refractivity contribution < 1.29 is 31.8 Å². The summed E-state index contributed by atoms with van der Waals surface area (Å²) in [7, 11) is -4.39. The second kappa shape index (κ2) is 11.4. The standard InChI is InChI=1S/C15H11NO.C8H9ClO.BF4/c16-13-10-15(11-6-2-1-3-7-11)17-14-9-5-4-8-12(13)14;1-6-3-4-8(10-2)7(9)5-6;2-1(3,4)5/h1-10,16H;3-5H,1-2H3;/q;;-1/p+1. The summed E-state index contributed by atoms with van der Waals surface area (Å²) in [6.07, 6.45) is 0. The van der Waals surface area contributed by atoms with Gasteiger partial charge in [0.05, 0.1) is 23.6 Å². The van der Waals surface area contributed by atoms with E-state index in [0.717, 1.165) is 39.0 Å². The van der Waals surface area contributed by atoms with Crippen LogP contribution in [0.15, 0.2) is 83.3 Å². The Balaban J connectivity index is 0.000000206. The third-order valence-electron chi connectivity index (χ3n) is 4.07. The molecule has 9 heteroatoms. The summed E-state index contributed by atoms with van der Waals surface area (Å²) >= 11 is 5.80. The van der Waals surface area contributed by atoms with Crippen LogP contribution in [0.2, 0.25) is 5.02 Å². The van der Waals surface area contributed by atoms with Crippen LogP contribution in [-0.2, 0) is 0 Å². The highest BCUT2D eigenvalue weighted by Gasteiger charge is 2.20. The van der Waals surface area contributed by atoms with Crippen LogP contribution in [0.25, 0.3) is 22.3 Å². The molecule has 0 spiro atoms. The number of nitrogens with two attached hydrogens (primary N) is 1. The summed E-state index contributed by atoms with van der Waals surface area (Å²) < 4.78 is 49.8. The van der Waals surface area contributed by atoms with Crippen LogP contribution in [0.4, 0.5) is 17.3 Å². The lowest BCUT2D eigenvalue weighted by atomic mass is 10.1. The number of hydrogen-bond donors (Lipinski definition) is 1. The van der Waals surface area contributed by atoms with E-state index in [1.54, 1.807) is 7.11 Å².